The van der Waals surface area contributed by atoms with Gasteiger partial charge in [-0.2, -0.15) is 4.31 Å². The summed E-state index contributed by atoms with van der Waals surface area (Å²) in [6.07, 6.45) is 0. The molecule has 156 valence electrons. The van der Waals surface area contributed by atoms with Gasteiger partial charge in [0.2, 0.25) is 15.9 Å². The lowest BCUT2D eigenvalue weighted by atomic mass is 10.2. The Hall–Kier alpha value is -2.38. The summed E-state index contributed by atoms with van der Waals surface area (Å²) in [6.45, 7) is -0.0764. The van der Waals surface area contributed by atoms with Crippen molar-refractivity contribution in [2.24, 2.45) is 0 Å². The van der Waals surface area contributed by atoms with Crippen LogP contribution in [-0.2, 0) is 27.9 Å². The van der Waals surface area contributed by atoms with E-state index in [2.05, 4.69) is 5.32 Å². The van der Waals surface area contributed by atoms with E-state index in [4.69, 9.17) is 23.2 Å². The molecule has 30 heavy (non-hydrogen) atoms. The summed E-state index contributed by atoms with van der Waals surface area (Å²) >= 11 is 12.1. The summed E-state index contributed by atoms with van der Waals surface area (Å²) < 4.78 is 27.6. The van der Waals surface area contributed by atoms with E-state index in [0.717, 1.165) is 9.87 Å². The van der Waals surface area contributed by atoms with Crippen LogP contribution in [0.4, 0.5) is 0 Å². The van der Waals surface area contributed by atoms with E-state index in [1.165, 1.54) is 24.3 Å². The average molecular weight is 463 g/mol. The van der Waals surface area contributed by atoms with Gasteiger partial charge in [0.25, 0.3) is 0 Å². The zero-order valence-electron chi connectivity index (χ0n) is 16.0. The molecule has 0 aromatic heterocycles. The van der Waals surface area contributed by atoms with Crippen LogP contribution in [0, 0.1) is 0 Å². The van der Waals surface area contributed by atoms with Crippen LogP contribution >= 0.6 is 23.2 Å². The molecule has 0 radical (unpaired) electrons. The van der Waals surface area contributed by atoms with Crippen molar-refractivity contribution in [2.45, 2.75) is 18.0 Å². The highest BCUT2D eigenvalue weighted by molar-refractivity contribution is 7.89. The van der Waals surface area contributed by atoms with Gasteiger partial charge in [0.1, 0.15) is 0 Å². The third kappa shape index (κ3) is 5.83. The van der Waals surface area contributed by atoms with E-state index in [1.807, 2.05) is 30.3 Å². The van der Waals surface area contributed by atoms with Crippen molar-refractivity contribution in [3.63, 3.8) is 0 Å². The highest BCUT2D eigenvalue weighted by Gasteiger charge is 2.27. The number of halogens is 2. The van der Waals surface area contributed by atoms with Gasteiger partial charge in [-0.3, -0.25) is 4.79 Å². The molecule has 0 saturated carbocycles. The molecule has 0 saturated heterocycles. The fraction of sp³-hybridized carbons (Fsp3) is 0.136. The monoisotopic (exact) mass is 462 g/mol. The van der Waals surface area contributed by atoms with E-state index < -0.39 is 15.9 Å². The summed E-state index contributed by atoms with van der Waals surface area (Å²) in [5, 5.41) is 3.62. The molecule has 5 nitrogen and oxygen atoms in total. The summed E-state index contributed by atoms with van der Waals surface area (Å²) in [6, 6.07) is 22.2. The topological polar surface area (TPSA) is 66.5 Å². The lowest BCUT2D eigenvalue weighted by Crippen LogP contribution is -2.40. The van der Waals surface area contributed by atoms with E-state index in [0.29, 0.717) is 22.2 Å². The third-order valence-electron chi connectivity index (χ3n) is 4.41. The maximum atomic E-state index is 13.2. The number of hydrogen-bond acceptors (Lipinski definition) is 3. The Morgan fingerprint density at radius 3 is 2.17 bits per heavy atom. The van der Waals surface area contributed by atoms with Crippen molar-refractivity contribution in [1.29, 1.82) is 0 Å². The molecule has 0 fully saturated rings. The van der Waals surface area contributed by atoms with Crippen LogP contribution < -0.4 is 5.32 Å². The second-order valence-corrected chi connectivity index (χ2v) is 9.36. The normalized spacial score (nSPS) is 11.4. The predicted octanol–water partition coefficient (Wildman–Crippen LogP) is 4.50. The lowest BCUT2D eigenvalue weighted by molar-refractivity contribution is -0.121. The minimum Gasteiger partial charge on any atom is -0.351 e. The van der Waals surface area contributed by atoms with Crippen LogP contribution in [0.3, 0.4) is 0 Å². The Bertz CT molecular complexity index is 1100. The molecule has 8 heteroatoms. The molecule has 0 aliphatic carbocycles. The van der Waals surface area contributed by atoms with Gasteiger partial charge in [0, 0.05) is 23.1 Å². The van der Waals surface area contributed by atoms with Crippen molar-refractivity contribution >= 4 is 39.1 Å². The number of rotatable bonds is 8. The Labute approximate surface area is 186 Å². The first-order valence-corrected chi connectivity index (χ1v) is 11.4. The number of amides is 1. The van der Waals surface area contributed by atoms with Gasteiger partial charge in [-0.25, -0.2) is 8.42 Å². The molecule has 0 aliphatic rings. The minimum atomic E-state index is -3.96. The standard InChI is InChI=1S/C22H20Cl2N2O3S/c23-19-10-12-20(13-11-19)30(28,29)26(15-18-8-4-5-9-21(18)24)16-22(27)25-14-17-6-2-1-3-7-17/h1-13H,14-16H2,(H,25,27). The molecule has 3 rings (SSSR count). The molecular formula is C22H20Cl2N2O3S. The minimum absolute atomic E-state index is 0.0383. The van der Waals surface area contributed by atoms with E-state index in [1.54, 1.807) is 24.3 Å². The van der Waals surface area contributed by atoms with E-state index in [9.17, 15) is 13.2 Å². The van der Waals surface area contributed by atoms with Crippen molar-refractivity contribution in [3.05, 3.63) is 100 Å². The van der Waals surface area contributed by atoms with Crippen LogP contribution in [-0.4, -0.2) is 25.2 Å². The van der Waals surface area contributed by atoms with Gasteiger partial charge in [0.15, 0.2) is 0 Å². The smallest absolute Gasteiger partial charge is 0.243 e. The van der Waals surface area contributed by atoms with Gasteiger partial charge in [0.05, 0.1) is 11.4 Å². The summed E-state index contributed by atoms with van der Waals surface area (Å²) in [7, 11) is -3.96. The van der Waals surface area contributed by atoms with Gasteiger partial charge < -0.3 is 5.32 Å². The van der Waals surface area contributed by atoms with Crippen LogP contribution in [0.1, 0.15) is 11.1 Å². The van der Waals surface area contributed by atoms with Crippen molar-refractivity contribution in [1.82, 2.24) is 9.62 Å². The highest BCUT2D eigenvalue weighted by atomic mass is 35.5. The van der Waals surface area contributed by atoms with Gasteiger partial charge in [-0.15, -0.1) is 0 Å². The first-order chi connectivity index (χ1) is 14.4. The molecule has 1 amide bonds. The van der Waals surface area contributed by atoms with Gasteiger partial charge in [-0.1, -0.05) is 71.7 Å². The van der Waals surface area contributed by atoms with Crippen molar-refractivity contribution in [2.75, 3.05) is 6.54 Å². The number of nitrogens with zero attached hydrogens (tertiary/aromatic N) is 1. The Morgan fingerprint density at radius 1 is 0.867 bits per heavy atom. The molecule has 0 unspecified atom stereocenters. The zero-order valence-corrected chi connectivity index (χ0v) is 18.3. The first-order valence-electron chi connectivity index (χ1n) is 9.16. The molecule has 3 aromatic rings. The fourth-order valence-electron chi connectivity index (χ4n) is 2.81. The molecule has 0 heterocycles. The van der Waals surface area contributed by atoms with Gasteiger partial charge >= 0.3 is 0 Å². The second-order valence-electron chi connectivity index (χ2n) is 6.58. The van der Waals surface area contributed by atoms with E-state index >= 15 is 0 Å². The molecule has 3 aromatic carbocycles. The Kier molecular flexibility index (Phi) is 7.50. The Balaban J connectivity index is 1.82. The molecule has 0 bridgehead atoms. The maximum absolute atomic E-state index is 13.2. The van der Waals surface area contributed by atoms with Crippen LogP contribution in [0.25, 0.3) is 0 Å². The number of sulfonamides is 1. The molecule has 0 aliphatic heterocycles. The van der Waals surface area contributed by atoms with Crippen LogP contribution in [0.15, 0.2) is 83.8 Å². The third-order valence-corrected chi connectivity index (χ3v) is 6.84. The first kappa shape index (κ1) is 22.3. The lowest BCUT2D eigenvalue weighted by Gasteiger charge is -2.22. The largest absolute Gasteiger partial charge is 0.351 e. The molecule has 0 spiro atoms. The zero-order chi connectivity index (χ0) is 21.6. The quantitative estimate of drug-likeness (QED) is 0.535. The predicted molar refractivity (Wildman–Crippen MR) is 119 cm³/mol. The van der Waals surface area contributed by atoms with Crippen LogP contribution in [0.5, 0.6) is 0 Å². The highest BCUT2D eigenvalue weighted by Crippen LogP contribution is 2.23. The van der Waals surface area contributed by atoms with Gasteiger partial charge in [-0.05, 0) is 41.5 Å². The summed E-state index contributed by atoms with van der Waals surface area (Å²) in [4.78, 5) is 12.6. The Morgan fingerprint density at radius 2 is 1.50 bits per heavy atom. The number of carbonyl (C=O) groups excluding carboxylic acids is 1. The number of benzene rings is 3. The molecule has 0 atom stereocenters. The molecule has 1 N–H and O–H groups in total. The fourth-order valence-corrected chi connectivity index (χ4v) is 4.51. The van der Waals surface area contributed by atoms with Crippen molar-refractivity contribution < 1.29 is 13.2 Å². The van der Waals surface area contributed by atoms with Crippen LogP contribution in [0.2, 0.25) is 10.0 Å². The van der Waals surface area contributed by atoms with E-state index in [-0.39, 0.29) is 18.0 Å². The number of carbonyl (C=O) groups is 1. The summed E-state index contributed by atoms with van der Waals surface area (Å²) in [5.41, 5.74) is 1.52. The average Bonchev–Trinajstić information content (AvgIpc) is 2.74. The number of hydrogen-bond donors (Lipinski definition) is 1. The maximum Gasteiger partial charge on any atom is 0.243 e. The second kappa shape index (κ2) is 10.1. The SMILES string of the molecule is O=C(CN(Cc1ccccc1Cl)S(=O)(=O)c1ccc(Cl)cc1)NCc1ccccc1. The summed E-state index contributed by atoms with van der Waals surface area (Å²) in [5.74, 6) is -0.413. The number of nitrogens with one attached hydrogen (secondary N) is 1. The molecular weight excluding hydrogens is 443 g/mol. The van der Waals surface area contributed by atoms with Crippen molar-refractivity contribution in [3.8, 4) is 0 Å².